The molecule has 2 heterocycles. The quantitative estimate of drug-likeness (QED) is 0.887. The van der Waals surface area contributed by atoms with Crippen LogP contribution in [0.15, 0.2) is 24.3 Å². The zero-order valence-electron chi connectivity index (χ0n) is 14.0. The summed E-state index contributed by atoms with van der Waals surface area (Å²) >= 11 is 1.56. The van der Waals surface area contributed by atoms with E-state index in [1.807, 2.05) is 26.0 Å². The van der Waals surface area contributed by atoms with Gasteiger partial charge in [0.25, 0.3) is 0 Å². The number of β-amino-alcohol motifs (C(OH)–C–C–N with tert-alkyl or cyclic N) is 1. The van der Waals surface area contributed by atoms with Gasteiger partial charge in [-0.1, -0.05) is 29.8 Å². The second-order valence-corrected chi connectivity index (χ2v) is 7.66. The highest BCUT2D eigenvalue weighted by atomic mass is 32.1. The van der Waals surface area contributed by atoms with E-state index in [0.717, 1.165) is 21.1 Å². The minimum absolute atomic E-state index is 0.0130. The molecule has 0 saturated carbocycles. The third-order valence-electron chi connectivity index (χ3n) is 4.43. The van der Waals surface area contributed by atoms with E-state index < -0.39 is 6.10 Å². The Kier molecular flexibility index (Phi) is 4.99. The van der Waals surface area contributed by atoms with E-state index >= 15 is 0 Å². The Morgan fingerprint density at radius 1 is 1.38 bits per heavy atom. The van der Waals surface area contributed by atoms with Crippen LogP contribution in [0.3, 0.4) is 0 Å². The van der Waals surface area contributed by atoms with E-state index in [-0.39, 0.29) is 11.9 Å². The predicted octanol–water partition coefficient (Wildman–Crippen LogP) is 1.89. The molecule has 1 amide bonds. The smallest absolute Gasteiger partial charge is 0.228 e. The molecule has 1 aliphatic rings. The van der Waals surface area contributed by atoms with Crippen LogP contribution in [0.4, 0.5) is 0 Å². The van der Waals surface area contributed by atoms with Crippen LogP contribution in [-0.2, 0) is 11.2 Å². The topological polar surface area (TPSA) is 79.5 Å². The number of aryl methyl sites for hydroxylation is 2. The molecule has 3 N–H and O–H groups in total. The van der Waals surface area contributed by atoms with Crippen LogP contribution in [0.25, 0.3) is 11.3 Å². The maximum atomic E-state index is 12.7. The summed E-state index contributed by atoms with van der Waals surface area (Å²) < 4.78 is 0. The number of thiazole rings is 1. The number of amides is 1. The summed E-state index contributed by atoms with van der Waals surface area (Å²) in [6, 6.07) is 8.12. The van der Waals surface area contributed by atoms with Crippen molar-refractivity contribution in [2.24, 2.45) is 5.73 Å². The van der Waals surface area contributed by atoms with Crippen molar-refractivity contribution >= 4 is 17.2 Å². The molecule has 1 saturated heterocycles. The number of aliphatic hydroxyl groups excluding tert-OH is 1. The first kappa shape index (κ1) is 17.1. The Morgan fingerprint density at radius 3 is 2.75 bits per heavy atom. The van der Waals surface area contributed by atoms with Gasteiger partial charge in [0, 0.05) is 29.6 Å². The third kappa shape index (κ3) is 3.50. The Balaban J connectivity index is 1.83. The number of rotatable bonds is 4. The second-order valence-electron chi connectivity index (χ2n) is 6.37. The van der Waals surface area contributed by atoms with Crippen molar-refractivity contribution in [3.05, 3.63) is 39.7 Å². The van der Waals surface area contributed by atoms with Gasteiger partial charge in [-0.3, -0.25) is 4.79 Å². The number of hydrogen-bond donors (Lipinski definition) is 2. The van der Waals surface area contributed by atoms with Crippen molar-refractivity contribution in [3.63, 3.8) is 0 Å². The van der Waals surface area contributed by atoms with Gasteiger partial charge in [-0.05, 0) is 20.3 Å². The molecule has 1 aromatic carbocycles. The van der Waals surface area contributed by atoms with E-state index in [2.05, 4.69) is 17.1 Å². The largest absolute Gasteiger partial charge is 0.391 e. The summed E-state index contributed by atoms with van der Waals surface area (Å²) in [5, 5.41) is 10.8. The molecule has 1 fully saturated rings. The maximum absolute atomic E-state index is 12.7. The molecule has 1 aromatic heterocycles. The fraction of sp³-hybridized carbons (Fsp3) is 0.444. The highest BCUT2D eigenvalue weighted by molar-refractivity contribution is 7.12. The van der Waals surface area contributed by atoms with Crippen LogP contribution >= 0.6 is 11.3 Å². The van der Waals surface area contributed by atoms with E-state index in [0.29, 0.717) is 25.9 Å². The lowest BCUT2D eigenvalue weighted by Gasteiger charge is -2.23. The average Bonchev–Trinajstić information content (AvgIpc) is 3.10. The van der Waals surface area contributed by atoms with Crippen LogP contribution in [0, 0.1) is 13.8 Å². The number of nitrogens with zero attached hydrogens (tertiary/aromatic N) is 2. The number of carbonyl (C=O) groups is 1. The number of likely N-dealkylation sites (tertiary alicyclic amines) is 1. The van der Waals surface area contributed by atoms with Gasteiger partial charge in [0.05, 0.1) is 23.2 Å². The first-order valence-electron chi connectivity index (χ1n) is 8.19. The van der Waals surface area contributed by atoms with E-state index in [1.165, 1.54) is 5.56 Å². The number of benzene rings is 1. The van der Waals surface area contributed by atoms with Crippen molar-refractivity contribution in [2.75, 3.05) is 13.1 Å². The number of hydrogen-bond acceptors (Lipinski definition) is 5. The molecular weight excluding hydrogens is 322 g/mol. The molecule has 0 bridgehead atoms. The van der Waals surface area contributed by atoms with Gasteiger partial charge in [0.2, 0.25) is 5.91 Å². The molecule has 0 aliphatic carbocycles. The van der Waals surface area contributed by atoms with Gasteiger partial charge in [0.1, 0.15) is 0 Å². The summed E-state index contributed by atoms with van der Waals surface area (Å²) in [5.74, 6) is 0.0130. The van der Waals surface area contributed by atoms with Crippen LogP contribution < -0.4 is 5.73 Å². The molecule has 0 unspecified atom stereocenters. The van der Waals surface area contributed by atoms with Gasteiger partial charge in [0.15, 0.2) is 0 Å². The van der Waals surface area contributed by atoms with Crippen molar-refractivity contribution in [1.29, 1.82) is 0 Å². The SMILES string of the molecule is Cc1ccc(-c2nc(C)sc2CC(=O)N2C[C@H](O)C[C@@H]2CN)cc1. The fourth-order valence-corrected chi connectivity index (χ4v) is 4.14. The summed E-state index contributed by atoms with van der Waals surface area (Å²) in [5.41, 5.74) is 8.85. The normalized spacial score (nSPS) is 20.6. The van der Waals surface area contributed by atoms with Gasteiger partial charge in [-0.2, -0.15) is 0 Å². The minimum Gasteiger partial charge on any atom is -0.391 e. The molecule has 3 rings (SSSR count). The highest BCUT2D eigenvalue weighted by Gasteiger charge is 2.33. The first-order valence-corrected chi connectivity index (χ1v) is 9.00. The molecule has 0 radical (unpaired) electrons. The minimum atomic E-state index is -0.470. The number of aromatic nitrogens is 1. The lowest BCUT2D eigenvalue weighted by Crippen LogP contribution is -2.40. The predicted molar refractivity (Wildman–Crippen MR) is 95.9 cm³/mol. The molecule has 5 nitrogen and oxygen atoms in total. The lowest BCUT2D eigenvalue weighted by atomic mass is 10.1. The summed E-state index contributed by atoms with van der Waals surface area (Å²) in [6.45, 7) is 4.76. The molecule has 2 aromatic rings. The zero-order chi connectivity index (χ0) is 17.3. The van der Waals surface area contributed by atoms with Gasteiger partial charge >= 0.3 is 0 Å². The average molecular weight is 345 g/mol. The molecular formula is C18H23N3O2S. The molecule has 2 atom stereocenters. The van der Waals surface area contributed by atoms with Crippen molar-refractivity contribution in [1.82, 2.24) is 9.88 Å². The zero-order valence-corrected chi connectivity index (χ0v) is 14.8. The van der Waals surface area contributed by atoms with Crippen LogP contribution in [-0.4, -0.2) is 46.1 Å². The summed E-state index contributed by atoms with van der Waals surface area (Å²) in [4.78, 5) is 20.0. The number of carbonyl (C=O) groups excluding carboxylic acids is 1. The number of aliphatic hydroxyl groups is 1. The van der Waals surface area contributed by atoms with Crippen molar-refractivity contribution in [3.8, 4) is 11.3 Å². The molecule has 0 spiro atoms. The molecule has 24 heavy (non-hydrogen) atoms. The van der Waals surface area contributed by atoms with Crippen molar-refractivity contribution in [2.45, 2.75) is 38.8 Å². The second kappa shape index (κ2) is 7.01. The van der Waals surface area contributed by atoms with Crippen LogP contribution in [0.1, 0.15) is 21.9 Å². The highest BCUT2D eigenvalue weighted by Crippen LogP contribution is 2.30. The molecule has 6 heteroatoms. The van der Waals surface area contributed by atoms with Crippen LogP contribution in [0.5, 0.6) is 0 Å². The van der Waals surface area contributed by atoms with Crippen molar-refractivity contribution < 1.29 is 9.90 Å². The fourth-order valence-electron chi connectivity index (χ4n) is 3.19. The Morgan fingerprint density at radius 2 is 2.08 bits per heavy atom. The molecule has 128 valence electrons. The number of nitrogens with two attached hydrogens (primary N) is 1. The van der Waals surface area contributed by atoms with Crippen LogP contribution in [0.2, 0.25) is 0 Å². The standard InChI is InChI=1S/C18H23N3O2S/c1-11-3-5-13(6-4-11)18-16(24-12(2)20-18)8-17(23)21-10-15(22)7-14(21)9-19/h3-6,14-15,22H,7-10,19H2,1-2H3/t14-,15-/m1/s1. The molecule has 1 aliphatic heterocycles. The lowest BCUT2D eigenvalue weighted by molar-refractivity contribution is -0.131. The van der Waals surface area contributed by atoms with E-state index in [1.54, 1.807) is 16.2 Å². The summed E-state index contributed by atoms with van der Waals surface area (Å²) in [7, 11) is 0. The monoisotopic (exact) mass is 345 g/mol. The Bertz CT molecular complexity index is 726. The third-order valence-corrected chi connectivity index (χ3v) is 5.40. The van der Waals surface area contributed by atoms with E-state index in [4.69, 9.17) is 5.73 Å². The maximum Gasteiger partial charge on any atom is 0.228 e. The van der Waals surface area contributed by atoms with Gasteiger partial charge < -0.3 is 15.7 Å². The Hall–Kier alpha value is -1.76. The van der Waals surface area contributed by atoms with Gasteiger partial charge in [-0.25, -0.2) is 4.98 Å². The summed E-state index contributed by atoms with van der Waals surface area (Å²) in [6.07, 6.45) is 0.398. The van der Waals surface area contributed by atoms with Gasteiger partial charge in [-0.15, -0.1) is 11.3 Å². The van der Waals surface area contributed by atoms with E-state index in [9.17, 15) is 9.90 Å². The Labute approximate surface area is 146 Å². The first-order chi connectivity index (χ1) is 11.5.